The first-order chi connectivity index (χ1) is 10.8. The molecule has 1 atom stereocenters. The Labute approximate surface area is 137 Å². The topological polar surface area (TPSA) is 92.9 Å². The number of hydrogen-bond donors (Lipinski definition) is 1. The van der Waals surface area contributed by atoms with Crippen LogP contribution in [0.1, 0.15) is 5.56 Å². The molecule has 1 fully saturated rings. The number of nitrogens with zero attached hydrogens (tertiary/aromatic N) is 2. The summed E-state index contributed by atoms with van der Waals surface area (Å²) in [4.78, 5) is 12.9. The molecule has 1 aromatic carbocycles. The summed E-state index contributed by atoms with van der Waals surface area (Å²) in [5.41, 5.74) is 6.17. The first-order valence-corrected chi connectivity index (χ1v) is 8.88. The molecule has 0 bridgehead atoms. The van der Waals surface area contributed by atoms with Crippen molar-refractivity contribution in [3.8, 4) is 0 Å². The third kappa shape index (κ3) is 4.74. The molecule has 128 valence electrons. The van der Waals surface area contributed by atoms with Crippen molar-refractivity contribution in [3.05, 3.63) is 29.8 Å². The van der Waals surface area contributed by atoms with Crippen LogP contribution in [-0.4, -0.2) is 69.5 Å². The van der Waals surface area contributed by atoms with Crippen LogP contribution < -0.4 is 5.73 Å². The van der Waals surface area contributed by atoms with Gasteiger partial charge in [0.2, 0.25) is 15.9 Å². The van der Waals surface area contributed by atoms with Gasteiger partial charge in [-0.2, -0.15) is 4.31 Å². The van der Waals surface area contributed by atoms with E-state index in [4.69, 9.17) is 10.5 Å². The molecular weight excluding hydrogens is 318 g/mol. The average molecular weight is 341 g/mol. The van der Waals surface area contributed by atoms with Gasteiger partial charge in [0.05, 0.1) is 24.2 Å². The molecular formula is C15H23N3O4S. The standard InChI is InChI=1S/C15H23N3O4S/c1-12-3-5-14(6-4-12)23(20,21)18-7-8-22-13(10-18)9-17(2)11-15(16)19/h3-6,13H,7-11H2,1-2H3,(H2,16,19)/t13-/m1/s1. The smallest absolute Gasteiger partial charge is 0.243 e. The highest BCUT2D eigenvalue weighted by atomic mass is 32.2. The van der Waals surface area contributed by atoms with E-state index in [9.17, 15) is 13.2 Å². The summed E-state index contributed by atoms with van der Waals surface area (Å²) >= 11 is 0. The lowest BCUT2D eigenvalue weighted by Crippen LogP contribution is -2.49. The maximum absolute atomic E-state index is 12.7. The van der Waals surface area contributed by atoms with Crippen LogP contribution in [0.25, 0.3) is 0 Å². The van der Waals surface area contributed by atoms with Crippen LogP contribution >= 0.6 is 0 Å². The van der Waals surface area contributed by atoms with Crippen molar-refractivity contribution in [3.63, 3.8) is 0 Å². The quantitative estimate of drug-likeness (QED) is 0.774. The van der Waals surface area contributed by atoms with E-state index in [1.807, 2.05) is 6.92 Å². The number of aryl methyl sites for hydroxylation is 1. The molecule has 1 amide bonds. The Morgan fingerprint density at radius 3 is 2.65 bits per heavy atom. The molecule has 7 nitrogen and oxygen atoms in total. The Balaban J connectivity index is 2.05. The van der Waals surface area contributed by atoms with Crippen LogP contribution in [0.5, 0.6) is 0 Å². The Bertz CT molecular complexity index is 645. The lowest BCUT2D eigenvalue weighted by atomic mass is 10.2. The van der Waals surface area contributed by atoms with Crippen molar-refractivity contribution in [1.29, 1.82) is 0 Å². The first-order valence-electron chi connectivity index (χ1n) is 7.44. The monoisotopic (exact) mass is 341 g/mol. The molecule has 1 aliphatic heterocycles. The third-order valence-electron chi connectivity index (χ3n) is 3.70. The zero-order valence-corrected chi connectivity index (χ0v) is 14.3. The molecule has 1 aromatic rings. The second-order valence-electron chi connectivity index (χ2n) is 5.83. The van der Waals surface area contributed by atoms with Gasteiger partial charge in [-0.1, -0.05) is 17.7 Å². The highest BCUT2D eigenvalue weighted by Gasteiger charge is 2.31. The predicted octanol–water partition coefficient (Wildman–Crippen LogP) is -0.198. The van der Waals surface area contributed by atoms with Crippen LogP contribution in [-0.2, 0) is 19.6 Å². The Hall–Kier alpha value is -1.48. The second-order valence-corrected chi connectivity index (χ2v) is 7.77. The fourth-order valence-corrected chi connectivity index (χ4v) is 4.01. The molecule has 0 unspecified atom stereocenters. The summed E-state index contributed by atoms with van der Waals surface area (Å²) in [5, 5.41) is 0. The van der Waals surface area contributed by atoms with Gasteiger partial charge in [0.1, 0.15) is 0 Å². The van der Waals surface area contributed by atoms with Gasteiger partial charge in [-0.15, -0.1) is 0 Å². The maximum Gasteiger partial charge on any atom is 0.243 e. The third-order valence-corrected chi connectivity index (χ3v) is 5.58. The molecule has 0 radical (unpaired) electrons. The minimum Gasteiger partial charge on any atom is -0.374 e. The van der Waals surface area contributed by atoms with Crippen molar-refractivity contribution in [2.45, 2.75) is 17.9 Å². The molecule has 2 N–H and O–H groups in total. The molecule has 1 aliphatic rings. The largest absolute Gasteiger partial charge is 0.374 e. The lowest BCUT2D eigenvalue weighted by Gasteiger charge is -2.33. The first kappa shape index (κ1) is 17.9. The molecule has 23 heavy (non-hydrogen) atoms. The van der Waals surface area contributed by atoms with Crippen molar-refractivity contribution >= 4 is 15.9 Å². The van der Waals surface area contributed by atoms with Gasteiger partial charge >= 0.3 is 0 Å². The van der Waals surface area contributed by atoms with Gasteiger partial charge in [0.25, 0.3) is 0 Å². The van der Waals surface area contributed by atoms with Gasteiger partial charge in [-0.05, 0) is 26.1 Å². The van der Waals surface area contributed by atoms with Crippen molar-refractivity contribution in [2.75, 3.05) is 39.8 Å². The van der Waals surface area contributed by atoms with E-state index in [1.54, 1.807) is 36.2 Å². The average Bonchev–Trinajstić information content (AvgIpc) is 2.47. The van der Waals surface area contributed by atoms with E-state index in [-0.39, 0.29) is 24.1 Å². The van der Waals surface area contributed by atoms with Crippen molar-refractivity contribution < 1.29 is 17.9 Å². The zero-order chi connectivity index (χ0) is 17.0. The van der Waals surface area contributed by atoms with Crippen LogP contribution in [0.15, 0.2) is 29.2 Å². The van der Waals surface area contributed by atoms with Gasteiger partial charge in [0, 0.05) is 19.6 Å². The van der Waals surface area contributed by atoms with E-state index < -0.39 is 15.9 Å². The minimum absolute atomic E-state index is 0.116. The number of ether oxygens (including phenoxy) is 1. The Kier molecular flexibility index (Phi) is 5.74. The highest BCUT2D eigenvalue weighted by molar-refractivity contribution is 7.89. The number of rotatable bonds is 6. The number of sulfonamides is 1. The summed E-state index contributed by atoms with van der Waals surface area (Å²) in [5.74, 6) is -0.424. The zero-order valence-electron chi connectivity index (χ0n) is 13.4. The van der Waals surface area contributed by atoms with E-state index in [0.29, 0.717) is 19.7 Å². The number of hydrogen-bond acceptors (Lipinski definition) is 5. The number of primary amides is 1. The number of likely N-dealkylation sites (N-methyl/N-ethyl adjacent to an activating group) is 1. The summed E-state index contributed by atoms with van der Waals surface area (Å²) in [7, 11) is -1.78. The molecule has 1 saturated heterocycles. The summed E-state index contributed by atoms with van der Waals surface area (Å²) in [6, 6.07) is 6.81. The maximum atomic E-state index is 12.7. The number of carbonyl (C=O) groups excluding carboxylic acids is 1. The highest BCUT2D eigenvalue weighted by Crippen LogP contribution is 2.19. The normalized spacial score (nSPS) is 19.9. The summed E-state index contributed by atoms with van der Waals surface area (Å²) in [6.07, 6.45) is -0.284. The molecule has 8 heteroatoms. The van der Waals surface area contributed by atoms with Crippen molar-refractivity contribution in [2.24, 2.45) is 5.73 Å². The van der Waals surface area contributed by atoms with Gasteiger partial charge < -0.3 is 10.5 Å². The minimum atomic E-state index is -3.53. The summed E-state index contributed by atoms with van der Waals surface area (Å²) < 4.78 is 32.4. The van der Waals surface area contributed by atoms with E-state index in [2.05, 4.69) is 0 Å². The summed E-state index contributed by atoms with van der Waals surface area (Å²) in [6.45, 7) is 3.40. The van der Waals surface area contributed by atoms with Crippen LogP contribution in [0.4, 0.5) is 0 Å². The molecule has 0 aromatic heterocycles. The number of benzene rings is 1. The SMILES string of the molecule is Cc1ccc(S(=O)(=O)N2CCO[C@H](CN(C)CC(N)=O)C2)cc1. The van der Waals surface area contributed by atoms with Gasteiger partial charge in [-0.25, -0.2) is 8.42 Å². The van der Waals surface area contributed by atoms with Crippen LogP contribution in [0.3, 0.4) is 0 Å². The van der Waals surface area contributed by atoms with Crippen LogP contribution in [0.2, 0.25) is 0 Å². The fourth-order valence-electron chi connectivity index (χ4n) is 2.56. The predicted molar refractivity (Wildman–Crippen MR) is 86.4 cm³/mol. The number of nitrogens with two attached hydrogens (primary N) is 1. The Morgan fingerprint density at radius 2 is 2.04 bits per heavy atom. The van der Waals surface area contributed by atoms with E-state index in [0.717, 1.165) is 5.56 Å². The molecule has 2 rings (SSSR count). The van der Waals surface area contributed by atoms with Gasteiger partial charge in [-0.3, -0.25) is 9.69 Å². The van der Waals surface area contributed by atoms with Crippen LogP contribution in [0, 0.1) is 6.92 Å². The molecule has 0 aliphatic carbocycles. The molecule has 0 saturated carbocycles. The molecule has 1 heterocycles. The number of amides is 1. The Morgan fingerprint density at radius 1 is 1.39 bits per heavy atom. The van der Waals surface area contributed by atoms with E-state index >= 15 is 0 Å². The lowest BCUT2D eigenvalue weighted by molar-refractivity contribution is -0.119. The molecule has 0 spiro atoms. The van der Waals surface area contributed by atoms with Crippen molar-refractivity contribution in [1.82, 2.24) is 9.21 Å². The fraction of sp³-hybridized carbons (Fsp3) is 0.533. The number of morpholine rings is 1. The van der Waals surface area contributed by atoms with E-state index in [1.165, 1.54) is 4.31 Å². The van der Waals surface area contributed by atoms with Gasteiger partial charge in [0.15, 0.2) is 0 Å². The number of carbonyl (C=O) groups is 1. The second kappa shape index (κ2) is 7.39.